The molecule has 0 unspecified atom stereocenters. The molecule has 0 aliphatic carbocycles. The Balaban J connectivity index is -0.0000000200. The molecule has 0 N–H and O–H groups in total. The summed E-state index contributed by atoms with van der Waals surface area (Å²) in [6, 6.07) is 0. The molecule has 28 valence electrons. The number of carboxylic acid groups (broad SMARTS) is 1. The fourth-order valence-corrected chi connectivity index (χ4v) is 0. The van der Waals surface area contributed by atoms with E-state index in [1.807, 2.05) is 0 Å². The summed E-state index contributed by atoms with van der Waals surface area (Å²) < 4.78 is 0. The van der Waals surface area contributed by atoms with Gasteiger partial charge in [-0.2, -0.15) is 0 Å². The Kier molecular flexibility index (Phi) is 89.0. The van der Waals surface area contributed by atoms with Crippen LogP contribution in [-0.2, 0) is 26.5 Å². The van der Waals surface area contributed by atoms with Crippen molar-refractivity contribution in [1.29, 1.82) is 0 Å². The molecule has 0 amide bonds. The van der Waals surface area contributed by atoms with Crippen LogP contribution in [-0.4, -0.2) is 6.47 Å². The van der Waals surface area contributed by atoms with Crippen LogP contribution in [0.5, 0.6) is 0 Å². The van der Waals surface area contributed by atoms with Gasteiger partial charge >= 0.3 is 21.7 Å². The Morgan fingerprint density at radius 1 is 1.60 bits per heavy atom. The van der Waals surface area contributed by atoms with Crippen molar-refractivity contribution >= 4 is 6.47 Å². The molecular weight excluding hydrogens is 127 g/mol. The predicted molar refractivity (Wildman–Crippen MR) is 6.06 cm³/mol. The SMILES string of the molecule is O=C[O-].[Cl-].[Ti+2]. The largest absolute Gasteiger partial charge is 2.00 e. The molecule has 0 radical (unpaired) electrons. The van der Waals surface area contributed by atoms with Gasteiger partial charge in [-0.1, -0.05) is 0 Å². The Hall–Kier alpha value is 0.474. The summed E-state index contributed by atoms with van der Waals surface area (Å²) in [6.45, 7) is -0.500. The fourth-order valence-electron chi connectivity index (χ4n) is 0. The standard InChI is InChI=1S/CH2O2.ClH.Ti/c2-1-3;;/h1H,(H,2,3);1H;/q;;+2/p-2. The summed E-state index contributed by atoms with van der Waals surface area (Å²) in [5.41, 5.74) is 0. The van der Waals surface area contributed by atoms with Crippen molar-refractivity contribution in [3.8, 4) is 0 Å². The molecule has 4 heteroatoms. The summed E-state index contributed by atoms with van der Waals surface area (Å²) in [7, 11) is 0. The summed E-state index contributed by atoms with van der Waals surface area (Å²) in [6.07, 6.45) is 0. The van der Waals surface area contributed by atoms with E-state index in [1.165, 1.54) is 0 Å². The maximum absolute atomic E-state index is 8.25. The second-order valence-corrected chi connectivity index (χ2v) is 0.0962. The molecule has 5 heavy (non-hydrogen) atoms. The third-order valence-corrected chi connectivity index (χ3v) is 0. The van der Waals surface area contributed by atoms with Crippen LogP contribution in [0.15, 0.2) is 0 Å². The number of rotatable bonds is 0. The molecule has 0 aliphatic heterocycles. The van der Waals surface area contributed by atoms with E-state index in [0.717, 1.165) is 0 Å². The van der Waals surface area contributed by atoms with Crippen LogP contribution in [0, 0.1) is 0 Å². The first-order chi connectivity index (χ1) is 1.41. The summed E-state index contributed by atoms with van der Waals surface area (Å²) >= 11 is 0. The molecular formula is CHClO2Ti. The summed E-state index contributed by atoms with van der Waals surface area (Å²) in [5.74, 6) is 0. The van der Waals surface area contributed by atoms with Gasteiger partial charge < -0.3 is 22.3 Å². The van der Waals surface area contributed by atoms with Crippen LogP contribution >= 0.6 is 0 Å². The molecule has 0 fully saturated rings. The van der Waals surface area contributed by atoms with Gasteiger partial charge in [-0.05, 0) is 0 Å². The molecule has 0 rings (SSSR count). The number of halogens is 1. The van der Waals surface area contributed by atoms with Crippen molar-refractivity contribution in [2.45, 2.75) is 0 Å². The van der Waals surface area contributed by atoms with Crippen molar-refractivity contribution in [2.24, 2.45) is 0 Å². The maximum Gasteiger partial charge on any atom is 2.00 e. The fraction of sp³-hybridized carbons (Fsp3) is 0. The Bertz CT molecular complexity index is 17.1. The predicted octanol–water partition coefficient (Wildman–Crippen LogP) is -4.63. The van der Waals surface area contributed by atoms with Gasteiger partial charge in [0.2, 0.25) is 0 Å². The average molecular weight is 128 g/mol. The van der Waals surface area contributed by atoms with Crippen molar-refractivity contribution in [2.75, 3.05) is 0 Å². The number of hydrogen-bond donors (Lipinski definition) is 0. The molecule has 0 bridgehead atoms. The van der Waals surface area contributed by atoms with Gasteiger partial charge in [0.15, 0.2) is 0 Å². The summed E-state index contributed by atoms with van der Waals surface area (Å²) in [5, 5.41) is 8.25. The Labute approximate surface area is 50.9 Å². The number of carbonyl (C=O) groups excluding carboxylic acids is 1. The molecule has 0 aromatic rings. The Morgan fingerprint density at radius 2 is 1.60 bits per heavy atom. The first kappa shape index (κ1) is 17.9. The minimum atomic E-state index is -0.500. The smallest absolute Gasteiger partial charge is 1.00 e. The van der Waals surface area contributed by atoms with E-state index >= 15 is 0 Å². The van der Waals surface area contributed by atoms with E-state index in [1.54, 1.807) is 0 Å². The minimum absolute atomic E-state index is 0. The zero-order valence-electron chi connectivity index (χ0n) is 2.27. The molecule has 0 atom stereocenters. The van der Waals surface area contributed by atoms with E-state index in [4.69, 9.17) is 9.90 Å². The van der Waals surface area contributed by atoms with Gasteiger partial charge in [-0.25, -0.2) is 0 Å². The molecule has 0 aromatic heterocycles. The van der Waals surface area contributed by atoms with Crippen LogP contribution in [0.2, 0.25) is 0 Å². The van der Waals surface area contributed by atoms with Crippen molar-refractivity contribution in [3.05, 3.63) is 0 Å². The first-order valence-electron chi connectivity index (χ1n) is 0.471. The molecule has 0 saturated heterocycles. The quantitative estimate of drug-likeness (QED) is 0.243. The topological polar surface area (TPSA) is 40.1 Å². The van der Waals surface area contributed by atoms with Gasteiger partial charge in [0.1, 0.15) is 0 Å². The second-order valence-electron chi connectivity index (χ2n) is 0.0962. The van der Waals surface area contributed by atoms with Gasteiger partial charge in [-0.3, -0.25) is 0 Å². The van der Waals surface area contributed by atoms with E-state index in [-0.39, 0.29) is 34.1 Å². The molecule has 0 heterocycles. The van der Waals surface area contributed by atoms with Crippen LogP contribution < -0.4 is 17.5 Å². The van der Waals surface area contributed by atoms with Gasteiger partial charge in [0.05, 0.1) is 0 Å². The van der Waals surface area contributed by atoms with E-state index in [9.17, 15) is 0 Å². The number of hydrogen-bond acceptors (Lipinski definition) is 2. The normalized spacial score (nSPS) is 2.40. The molecule has 2 nitrogen and oxygen atoms in total. The first-order valence-corrected chi connectivity index (χ1v) is 0.471. The van der Waals surface area contributed by atoms with Gasteiger partial charge in [-0.15, -0.1) is 0 Å². The maximum atomic E-state index is 8.25. The van der Waals surface area contributed by atoms with Crippen LogP contribution in [0.4, 0.5) is 0 Å². The second kappa shape index (κ2) is 24.8. The molecule has 0 aliphatic rings. The van der Waals surface area contributed by atoms with E-state index < -0.39 is 6.47 Å². The number of carbonyl (C=O) groups is 1. The third kappa shape index (κ3) is 122. The molecule has 0 saturated carbocycles. The monoisotopic (exact) mass is 128 g/mol. The van der Waals surface area contributed by atoms with Crippen LogP contribution in [0.3, 0.4) is 0 Å². The van der Waals surface area contributed by atoms with Gasteiger partial charge in [0.25, 0.3) is 0 Å². The van der Waals surface area contributed by atoms with E-state index in [2.05, 4.69) is 0 Å². The minimum Gasteiger partial charge on any atom is -1.00 e. The van der Waals surface area contributed by atoms with Gasteiger partial charge in [0, 0.05) is 6.47 Å². The Morgan fingerprint density at radius 3 is 1.60 bits per heavy atom. The van der Waals surface area contributed by atoms with Crippen LogP contribution in [0.1, 0.15) is 0 Å². The molecule has 0 aromatic carbocycles. The zero-order valence-corrected chi connectivity index (χ0v) is 4.59. The van der Waals surface area contributed by atoms with Crippen molar-refractivity contribution in [1.82, 2.24) is 0 Å². The average Bonchev–Trinajstić information content (AvgIpc) is 0.918. The van der Waals surface area contributed by atoms with Crippen molar-refractivity contribution < 1.29 is 44.0 Å². The van der Waals surface area contributed by atoms with E-state index in [0.29, 0.717) is 0 Å². The van der Waals surface area contributed by atoms with Crippen molar-refractivity contribution in [3.63, 3.8) is 0 Å². The zero-order chi connectivity index (χ0) is 2.71. The molecule has 0 spiro atoms. The van der Waals surface area contributed by atoms with Crippen LogP contribution in [0.25, 0.3) is 0 Å². The summed E-state index contributed by atoms with van der Waals surface area (Å²) in [4.78, 5) is 8.25. The third-order valence-electron chi connectivity index (χ3n) is 0.